The van der Waals surface area contributed by atoms with Crippen LogP contribution in [0.2, 0.25) is 0 Å². The van der Waals surface area contributed by atoms with E-state index in [0.717, 1.165) is 26.1 Å². The normalized spacial score (nSPS) is 10.9. The van der Waals surface area contributed by atoms with Gasteiger partial charge in [0.05, 0.1) is 19.6 Å². The Hall–Kier alpha value is -2.07. The van der Waals surface area contributed by atoms with Crippen LogP contribution in [0.1, 0.15) is 5.56 Å². The zero-order valence-corrected chi connectivity index (χ0v) is 12.3. The summed E-state index contributed by atoms with van der Waals surface area (Å²) in [6.45, 7) is 1.90. The molecule has 1 aromatic heterocycles. The van der Waals surface area contributed by atoms with Crippen LogP contribution in [-0.4, -0.2) is 14.2 Å². The molecule has 0 unspecified atom stereocenters. The van der Waals surface area contributed by atoms with Crippen LogP contribution < -0.4 is 14.9 Å². The SMILES string of the molecule is COc1cc2sc3ccccc3c(=O)c2c(OC)c1C. The Morgan fingerprint density at radius 2 is 1.80 bits per heavy atom. The molecule has 3 rings (SSSR count). The maximum Gasteiger partial charge on any atom is 0.199 e. The van der Waals surface area contributed by atoms with Gasteiger partial charge in [0.15, 0.2) is 5.43 Å². The monoisotopic (exact) mass is 286 g/mol. The van der Waals surface area contributed by atoms with Gasteiger partial charge >= 0.3 is 0 Å². The summed E-state index contributed by atoms with van der Waals surface area (Å²) < 4.78 is 12.7. The van der Waals surface area contributed by atoms with E-state index >= 15 is 0 Å². The molecular weight excluding hydrogens is 272 g/mol. The van der Waals surface area contributed by atoms with E-state index in [9.17, 15) is 4.79 Å². The van der Waals surface area contributed by atoms with E-state index in [1.807, 2.05) is 37.3 Å². The largest absolute Gasteiger partial charge is 0.496 e. The lowest BCUT2D eigenvalue weighted by molar-refractivity contribution is 0.392. The first-order valence-corrected chi connectivity index (χ1v) is 7.06. The average molecular weight is 286 g/mol. The number of rotatable bonds is 2. The highest BCUT2D eigenvalue weighted by molar-refractivity contribution is 7.24. The summed E-state index contributed by atoms with van der Waals surface area (Å²) in [5, 5.41) is 1.36. The van der Waals surface area contributed by atoms with E-state index in [-0.39, 0.29) is 5.43 Å². The lowest BCUT2D eigenvalue weighted by Crippen LogP contribution is -2.05. The summed E-state index contributed by atoms with van der Waals surface area (Å²) in [7, 11) is 3.21. The topological polar surface area (TPSA) is 35.5 Å². The number of methoxy groups -OCH3 is 2. The molecule has 0 fully saturated rings. The van der Waals surface area contributed by atoms with Gasteiger partial charge in [-0.1, -0.05) is 12.1 Å². The molecule has 0 saturated carbocycles. The van der Waals surface area contributed by atoms with E-state index in [1.54, 1.807) is 25.6 Å². The predicted octanol–water partition coefficient (Wildman–Crippen LogP) is 3.74. The maximum absolute atomic E-state index is 12.7. The molecule has 0 amide bonds. The van der Waals surface area contributed by atoms with Crippen molar-refractivity contribution in [3.05, 3.63) is 46.1 Å². The number of fused-ring (bicyclic) bond motifs is 2. The van der Waals surface area contributed by atoms with Gasteiger partial charge in [0, 0.05) is 20.3 Å². The highest BCUT2D eigenvalue weighted by Gasteiger charge is 2.16. The molecule has 0 aliphatic rings. The minimum atomic E-state index is 0.0111. The van der Waals surface area contributed by atoms with Crippen LogP contribution in [0, 0.1) is 6.92 Å². The Bertz CT molecular complexity index is 865. The summed E-state index contributed by atoms with van der Waals surface area (Å²) in [6, 6.07) is 9.54. The van der Waals surface area contributed by atoms with Crippen molar-refractivity contribution in [1.82, 2.24) is 0 Å². The van der Waals surface area contributed by atoms with Crippen LogP contribution in [-0.2, 0) is 0 Å². The maximum atomic E-state index is 12.7. The average Bonchev–Trinajstić information content (AvgIpc) is 2.47. The van der Waals surface area contributed by atoms with E-state index in [0.29, 0.717) is 11.1 Å². The fourth-order valence-corrected chi connectivity index (χ4v) is 3.58. The third kappa shape index (κ3) is 1.76. The van der Waals surface area contributed by atoms with Gasteiger partial charge in [-0.3, -0.25) is 4.79 Å². The number of benzene rings is 2. The van der Waals surface area contributed by atoms with Crippen LogP contribution >= 0.6 is 11.3 Å². The molecule has 0 bridgehead atoms. The van der Waals surface area contributed by atoms with Crippen molar-refractivity contribution >= 4 is 31.5 Å². The second-order valence-electron chi connectivity index (χ2n) is 4.54. The molecule has 0 saturated heterocycles. The third-order valence-corrected chi connectivity index (χ3v) is 4.57. The van der Waals surface area contributed by atoms with E-state index in [2.05, 4.69) is 0 Å². The zero-order valence-electron chi connectivity index (χ0n) is 11.5. The van der Waals surface area contributed by atoms with Crippen molar-refractivity contribution < 1.29 is 9.47 Å². The van der Waals surface area contributed by atoms with E-state index < -0.39 is 0 Å². The molecule has 1 heterocycles. The van der Waals surface area contributed by atoms with Gasteiger partial charge in [-0.2, -0.15) is 0 Å². The summed E-state index contributed by atoms with van der Waals surface area (Å²) in [6.07, 6.45) is 0. The van der Waals surface area contributed by atoms with Crippen molar-refractivity contribution in [2.24, 2.45) is 0 Å². The summed E-state index contributed by atoms with van der Waals surface area (Å²) >= 11 is 1.57. The minimum absolute atomic E-state index is 0.0111. The number of hydrogen-bond donors (Lipinski definition) is 0. The van der Waals surface area contributed by atoms with Crippen molar-refractivity contribution in [3.8, 4) is 11.5 Å². The van der Waals surface area contributed by atoms with E-state index in [1.165, 1.54) is 0 Å². The quantitative estimate of drug-likeness (QED) is 0.673. The standard InChI is InChI=1S/C16H14O3S/c1-9-11(18-2)8-13-14(16(9)19-3)15(17)10-6-4-5-7-12(10)20-13/h4-8H,1-3H3. The predicted molar refractivity (Wildman–Crippen MR) is 83.4 cm³/mol. The highest BCUT2D eigenvalue weighted by Crippen LogP contribution is 2.38. The third-order valence-electron chi connectivity index (χ3n) is 3.45. The molecule has 4 heteroatoms. The molecule has 0 aliphatic heterocycles. The first-order valence-electron chi connectivity index (χ1n) is 6.24. The molecule has 3 nitrogen and oxygen atoms in total. The second kappa shape index (κ2) is 4.80. The van der Waals surface area contributed by atoms with Crippen LogP contribution in [0.4, 0.5) is 0 Å². The van der Waals surface area contributed by atoms with E-state index in [4.69, 9.17) is 9.47 Å². The molecule has 0 radical (unpaired) electrons. The molecular formula is C16H14O3S. The Morgan fingerprint density at radius 3 is 2.50 bits per heavy atom. The van der Waals surface area contributed by atoms with Crippen LogP contribution in [0.3, 0.4) is 0 Å². The van der Waals surface area contributed by atoms with Crippen LogP contribution in [0.15, 0.2) is 35.1 Å². The van der Waals surface area contributed by atoms with Crippen molar-refractivity contribution in [3.63, 3.8) is 0 Å². The highest BCUT2D eigenvalue weighted by atomic mass is 32.1. The summed E-state index contributed by atoms with van der Waals surface area (Å²) in [4.78, 5) is 12.7. The smallest absolute Gasteiger partial charge is 0.199 e. The number of ether oxygens (including phenoxy) is 2. The minimum Gasteiger partial charge on any atom is -0.496 e. The molecule has 0 aliphatic carbocycles. The Balaban J connectivity index is 2.58. The molecule has 0 atom stereocenters. The van der Waals surface area contributed by atoms with Gasteiger partial charge in [-0.05, 0) is 25.1 Å². The van der Waals surface area contributed by atoms with Crippen LogP contribution in [0.5, 0.6) is 11.5 Å². The lowest BCUT2D eigenvalue weighted by Gasteiger charge is -2.13. The molecule has 20 heavy (non-hydrogen) atoms. The summed E-state index contributed by atoms with van der Waals surface area (Å²) in [5.41, 5.74) is 0.860. The molecule has 0 spiro atoms. The van der Waals surface area contributed by atoms with Crippen molar-refractivity contribution in [2.75, 3.05) is 14.2 Å². The van der Waals surface area contributed by atoms with Gasteiger partial charge in [-0.15, -0.1) is 11.3 Å². The molecule has 3 aromatic rings. The number of hydrogen-bond acceptors (Lipinski definition) is 4. The Morgan fingerprint density at radius 1 is 1.05 bits per heavy atom. The Kier molecular flexibility index (Phi) is 3.10. The fourth-order valence-electron chi connectivity index (χ4n) is 2.47. The zero-order chi connectivity index (χ0) is 14.3. The summed E-state index contributed by atoms with van der Waals surface area (Å²) in [5.74, 6) is 1.34. The van der Waals surface area contributed by atoms with Gasteiger partial charge in [0.2, 0.25) is 0 Å². The Labute approximate surface area is 120 Å². The van der Waals surface area contributed by atoms with Gasteiger partial charge in [0.1, 0.15) is 11.5 Å². The fraction of sp³-hybridized carbons (Fsp3) is 0.188. The van der Waals surface area contributed by atoms with Gasteiger partial charge < -0.3 is 9.47 Å². The van der Waals surface area contributed by atoms with Crippen molar-refractivity contribution in [1.29, 1.82) is 0 Å². The molecule has 0 N–H and O–H groups in total. The lowest BCUT2D eigenvalue weighted by atomic mass is 10.1. The van der Waals surface area contributed by atoms with Gasteiger partial charge in [0.25, 0.3) is 0 Å². The van der Waals surface area contributed by atoms with Crippen LogP contribution in [0.25, 0.3) is 20.2 Å². The van der Waals surface area contributed by atoms with Gasteiger partial charge in [-0.25, -0.2) is 0 Å². The second-order valence-corrected chi connectivity index (χ2v) is 5.62. The first-order chi connectivity index (χ1) is 9.67. The molecule has 2 aromatic carbocycles. The molecule has 102 valence electrons. The first kappa shape index (κ1) is 12.9. The van der Waals surface area contributed by atoms with Crippen molar-refractivity contribution in [2.45, 2.75) is 6.92 Å².